The van der Waals surface area contributed by atoms with E-state index in [1.54, 1.807) is 24.3 Å². The summed E-state index contributed by atoms with van der Waals surface area (Å²) in [6.07, 6.45) is 0.00735. The highest BCUT2D eigenvalue weighted by molar-refractivity contribution is 5.34. The Bertz CT molecular complexity index is 300. The van der Waals surface area contributed by atoms with Gasteiger partial charge in [-0.25, -0.2) is 0 Å². The van der Waals surface area contributed by atoms with E-state index in [0.717, 1.165) is 5.75 Å². The summed E-state index contributed by atoms with van der Waals surface area (Å²) in [4.78, 5) is 0. The molecule has 0 aliphatic carbocycles. The van der Waals surface area contributed by atoms with E-state index >= 15 is 0 Å². The first kappa shape index (κ1) is 9.56. The second kappa shape index (κ2) is 4.48. The number of nitrogens with two attached hydrogens (primary N) is 1. The topological polar surface area (TPSA) is 59.0 Å². The van der Waals surface area contributed by atoms with Crippen LogP contribution in [0.3, 0.4) is 0 Å². The molecule has 1 atom stereocenters. The summed E-state index contributed by atoms with van der Waals surface area (Å²) >= 11 is 0. The van der Waals surface area contributed by atoms with Crippen molar-refractivity contribution >= 4 is 0 Å². The Morgan fingerprint density at radius 2 is 2.08 bits per heavy atom. The summed E-state index contributed by atoms with van der Waals surface area (Å²) in [6.45, 7) is 2.39. The van der Waals surface area contributed by atoms with Crippen molar-refractivity contribution in [2.45, 2.75) is 13.0 Å². The Hall–Kier alpha value is -1.53. The van der Waals surface area contributed by atoms with Gasteiger partial charge in [0, 0.05) is 6.54 Å². The summed E-state index contributed by atoms with van der Waals surface area (Å²) < 4.78 is 5.43. The molecule has 1 unspecified atom stereocenters. The second-order valence-electron chi connectivity index (χ2n) is 2.80. The number of hydrogen-bond donors (Lipinski definition) is 1. The van der Waals surface area contributed by atoms with Crippen molar-refractivity contribution in [3.63, 3.8) is 0 Å². The Morgan fingerprint density at radius 3 is 2.54 bits per heavy atom. The second-order valence-corrected chi connectivity index (χ2v) is 2.80. The Balaban J connectivity index is 2.65. The van der Waals surface area contributed by atoms with Crippen molar-refractivity contribution in [1.82, 2.24) is 0 Å². The highest BCUT2D eigenvalue weighted by Gasteiger charge is 2.00. The fraction of sp³-hybridized carbons (Fsp3) is 0.300. The fourth-order valence-corrected chi connectivity index (χ4v) is 0.888. The molecule has 0 radical (unpaired) electrons. The monoisotopic (exact) mass is 176 g/mol. The molecule has 0 fully saturated rings. The summed E-state index contributed by atoms with van der Waals surface area (Å²) in [5.74, 6) is 0.747. The standard InChI is InChI=1S/C10H12N2O/c1-8(6-11)13-10-4-2-9(7-12)3-5-10/h2-5,8H,6,11H2,1H3. The minimum Gasteiger partial charge on any atom is -0.489 e. The van der Waals surface area contributed by atoms with E-state index in [1.165, 1.54) is 0 Å². The molecule has 1 aromatic carbocycles. The van der Waals surface area contributed by atoms with Crippen LogP contribution in [0.5, 0.6) is 5.75 Å². The molecule has 68 valence electrons. The van der Waals surface area contributed by atoms with Gasteiger partial charge in [0.1, 0.15) is 11.9 Å². The molecule has 3 heteroatoms. The normalized spacial score (nSPS) is 11.8. The predicted molar refractivity (Wildman–Crippen MR) is 50.3 cm³/mol. The SMILES string of the molecule is CC(CN)Oc1ccc(C#N)cc1. The average molecular weight is 176 g/mol. The predicted octanol–water partition coefficient (Wildman–Crippen LogP) is 1.28. The molecule has 13 heavy (non-hydrogen) atoms. The molecule has 0 aliphatic rings. The molecule has 0 bridgehead atoms. The van der Waals surface area contributed by atoms with Crippen LogP contribution >= 0.6 is 0 Å². The van der Waals surface area contributed by atoms with Gasteiger partial charge in [-0.05, 0) is 31.2 Å². The lowest BCUT2D eigenvalue weighted by molar-refractivity contribution is 0.230. The fourth-order valence-electron chi connectivity index (χ4n) is 0.888. The Labute approximate surface area is 77.7 Å². The third-order valence-electron chi connectivity index (χ3n) is 1.65. The summed E-state index contributed by atoms with van der Waals surface area (Å²) in [5, 5.41) is 8.55. The number of ether oxygens (including phenoxy) is 1. The van der Waals surface area contributed by atoms with Crippen LogP contribution in [0, 0.1) is 11.3 Å². The van der Waals surface area contributed by atoms with E-state index in [-0.39, 0.29) is 6.10 Å². The first-order valence-corrected chi connectivity index (χ1v) is 4.13. The molecule has 0 aromatic heterocycles. The highest BCUT2D eigenvalue weighted by Crippen LogP contribution is 2.12. The van der Waals surface area contributed by atoms with Crippen LogP contribution in [-0.4, -0.2) is 12.6 Å². The summed E-state index contributed by atoms with van der Waals surface area (Å²) in [6, 6.07) is 9.02. The Kier molecular flexibility index (Phi) is 3.30. The van der Waals surface area contributed by atoms with Crippen molar-refractivity contribution in [3.05, 3.63) is 29.8 Å². The van der Waals surface area contributed by atoms with Gasteiger partial charge in [0.2, 0.25) is 0 Å². The van der Waals surface area contributed by atoms with E-state index in [0.29, 0.717) is 12.1 Å². The summed E-state index contributed by atoms with van der Waals surface area (Å²) in [5.41, 5.74) is 6.03. The number of nitriles is 1. The zero-order valence-electron chi connectivity index (χ0n) is 7.53. The third-order valence-corrected chi connectivity index (χ3v) is 1.65. The molecule has 0 saturated carbocycles. The van der Waals surface area contributed by atoms with Crippen LogP contribution in [0.1, 0.15) is 12.5 Å². The van der Waals surface area contributed by atoms with Crippen LogP contribution in [-0.2, 0) is 0 Å². The van der Waals surface area contributed by atoms with E-state index in [2.05, 4.69) is 0 Å². The van der Waals surface area contributed by atoms with E-state index in [9.17, 15) is 0 Å². The molecule has 0 aliphatic heterocycles. The zero-order chi connectivity index (χ0) is 9.68. The van der Waals surface area contributed by atoms with Gasteiger partial charge in [0.15, 0.2) is 0 Å². The maximum Gasteiger partial charge on any atom is 0.119 e. The van der Waals surface area contributed by atoms with Crippen molar-refractivity contribution in [2.24, 2.45) is 5.73 Å². The van der Waals surface area contributed by atoms with E-state index < -0.39 is 0 Å². The molecule has 1 rings (SSSR count). The van der Waals surface area contributed by atoms with Gasteiger partial charge >= 0.3 is 0 Å². The van der Waals surface area contributed by atoms with Gasteiger partial charge < -0.3 is 10.5 Å². The lowest BCUT2D eigenvalue weighted by atomic mass is 10.2. The lowest BCUT2D eigenvalue weighted by Gasteiger charge is -2.11. The van der Waals surface area contributed by atoms with Gasteiger partial charge in [-0.1, -0.05) is 0 Å². The molecular weight excluding hydrogens is 164 g/mol. The number of nitrogens with zero attached hydrogens (tertiary/aromatic N) is 1. The molecule has 1 aromatic rings. The molecule has 0 heterocycles. The molecule has 0 amide bonds. The van der Waals surface area contributed by atoms with E-state index in [1.807, 2.05) is 13.0 Å². The Morgan fingerprint density at radius 1 is 1.46 bits per heavy atom. The van der Waals surface area contributed by atoms with Crippen LogP contribution in [0.2, 0.25) is 0 Å². The lowest BCUT2D eigenvalue weighted by Crippen LogP contribution is -2.22. The number of rotatable bonds is 3. The number of hydrogen-bond acceptors (Lipinski definition) is 3. The number of benzene rings is 1. The van der Waals surface area contributed by atoms with Crippen molar-refractivity contribution in [1.29, 1.82) is 5.26 Å². The zero-order valence-corrected chi connectivity index (χ0v) is 7.53. The van der Waals surface area contributed by atoms with Crippen LogP contribution in [0.4, 0.5) is 0 Å². The highest BCUT2D eigenvalue weighted by atomic mass is 16.5. The minimum absolute atomic E-state index is 0.00735. The third kappa shape index (κ3) is 2.77. The maximum atomic E-state index is 8.55. The molecule has 0 saturated heterocycles. The van der Waals surface area contributed by atoms with Crippen LogP contribution in [0.15, 0.2) is 24.3 Å². The first-order valence-electron chi connectivity index (χ1n) is 4.13. The van der Waals surface area contributed by atoms with Gasteiger partial charge in [0.25, 0.3) is 0 Å². The smallest absolute Gasteiger partial charge is 0.119 e. The molecule has 2 N–H and O–H groups in total. The van der Waals surface area contributed by atoms with E-state index in [4.69, 9.17) is 15.7 Å². The quantitative estimate of drug-likeness (QED) is 0.754. The first-order chi connectivity index (χ1) is 6.26. The van der Waals surface area contributed by atoms with Crippen molar-refractivity contribution < 1.29 is 4.74 Å². The minimum atomic E-state index is 0.00735. The van der Waals surface area contributed by atoms with Gasteiger partial charge in [-0.15, -0.1) is 0 Å². The molecule has 0 spiro atoms. The van der Waals surface area contributed by atoms with Gasteiger partial charge in [-0.3, -0.25) is 0 Å². The van der Waals surface area contributed by atoms with Crippen LogP contribution in [0.25, 0.3) is 0 Å². The average Bonchev–Trinajstić information content (AvgIpc) is 2.19. The van der Waals surface area contributed by atoms with Gasteiger partial charge in [0.05, 0.1) is 11.6 Å². The van der Waals surface area contributed by atoms with Gasteiger partial charge in [-0.2, -0.15) is 5.26 Å². The van der Waals surface area contributed by atoms with Crippen LogP contribution < -0.4 is 10.5 Å². The summed E-state index contributed by atoms with van der Waals surface area (Å²) in [7, 11) is 0. The molecular formula is C10H12N2O. The van der Waals surface area contributed by atoms with Crippen molar-refractivity contribution in [3.8, 4) is 11.8 Å². The molecule has 3 nitrogen and oxygen atoms in total. The largest absolute Gasteiger partial charge is 0.489 e. The van der Waals surface area contributed by atoms with Crippen molar-refractivity contribution in [2.75, 3.05) is 6.54 Å². The maximum absolute atomic E-state index is 8.55.